The third-order valence-corrected chi connectivity index (χ3v) is 5.19. The number of aryl methyl sites for hydroxylation is 1. The Morgan fingerprint density at radius 3 is 2.36 bits per heavy atom. The topological polar surface area (TPSA) is 9.23 Å². The van der Waals surface area contributed by atoms with Gasteiger partial charge in [-0.15, -0.1) is 0 Å². The van der Waals surface area contributed by atoms with Crippen LogP contribution >= 0.6 is 0 Å². The lowest BCUT2D eigenvalue weighted by Crippen LogP contribution is -2.30. The number of rotatable bonds is 2. The molecule has 0 aromatic heterocycles. The Kier molecular flexibility index (Phi) is 4.16. The van der Waals surface area contributed by atoms with E-state index in [1.165, 1.54) is 42.0 Å². The maximum atomic E-state index is 6.37. The normalized spacial score (nSPS) is 22.7. The highest BCUT2D eigenvalue weighted by Gasteiger charge is 2.30. The highest BCUT2D eigenvalue weighted by Crippen LogP contribution is 2.39. The van der Waals surface area contributed by atoms with Crippen molar-refractivity contribution in [3.8, 4) is 5.75 Å². The van der Waals surface area contributed by atoms with Gasteiger partial charge >= 0.3 is 0 Å². The maximum absolute atomic E-state index is 6.37. The molecule has 0 atom stereocenters. The first-order valence-corrected chi connectivity index (χ1v) is 8.59. The molecule has 2 aromatic rings. The van der Waals surface area contributed by atoms with Gasteiger partial charge in [-0.3, -0.25) is 0 Å². The van der Waals surface area contributed by atoms with E-state index < -0.39 is 0 Å². The lowest BCUT2D eigenvalue weighted by atomic mass is 9.72. The number of benzene rings is 2. The van der Waals surface area contributed by atoms with E-state index in [-0.39, 0.29) is 0 Å². The predicted molar refractivity (Wildman–Crippen MR) is 94.5 cm³/mol. The van der Waals surface area contributed by atoms with Gasteiger partial charge in [-0.25, -0.2) is 0 Å². The zero-order valence-electron chi connectivity index (χ0n) is 14.4. The molecule has 2 aromatic carbocycles. The molecule has 22 heavy (non-hydrogen) atoms. The lowest BCUT2D eigenvalue weighted by Gasteiger charge is -2.37. The molecule has 118 valence electrons. The van der Waals surface area contributed by atoms with Crippen LogP contribution in [0.15, 0.2) is 36.4 Å². The molecule has 0 radical (unpaired) electrons. The monoisotopic (exact) mass is 296 g/mol. The van der Waals surface area contributed by atoms with Crippen molar-refractivity contribution in [3.63, 3.8) is 0 Å². The van der Waals surface area contributed by atoms with Gasteiger partial charge in [0, 0.05) is 5.39 Å². The summed E-state index contributed by atoms with van der Waals surface area (Å²) >= 11 is 0. The third-order valence-electron chi connectivity index (χ3n) is 5.19. The number of fused-ring (bicyclic) bond motifs is 1. The minimum atomic E-state index is 0.380. The zero-order valence-corrected chi connectivity index (χ0v) is 14.4. The van der Waals surface area contributed by atoms with Gasteiger partial charge in [0.25, 0.3) is 0 Å². The summed E-state index contributed by atoms with van der Waals surface area (Å²) in [4.78, 5) is 0. The van der Waals surface area contributed by atoms with E-state index in [1.54, 1.807) is 0 Å². The molecule has 0 N–H and O–H groups in total. The third kappa shape index (κ3) is 3.29. The highest BCUT2D eigenvalue weighted by molar-refractivity contribution is 5.88. The van der Waals surface area contributed by atoms with Crippen LogP contribution in [0, 0.1) is 18.3 Å². The summed E-state index contributed by atoms with van der Waals surface area (Å²) < 4.78 is 6.37. The Labute approximate surface area is 134 Å². The van der Waals surface area contributed by atoms with Crippen LogP contribution in [0.2, 0.25) is 0 Å². The molecule has 0 spiro atoms. The quantitative estimate of drug-likeness (QED) is 0.647. The standard InChI is InChI=1S/C21H28O/c1-15-8-13-19-16(14-15)6-5-7-20(19)22-18-11-9-17(10-12-18)21(2,3)4/h5-8,13-14,17-18H,9-12H2,1-4H3. The Morgan fingerprint density at radius 2 is 1.68 bits per heavy atom. The molecule has 0 amide bonds. The van der Waals surface area contributed by atoms with Crippen molar-refractivity contribution in [1.29, 1.82) is 0 Å². The Balaban J connectivity index is 1.72. The van der Waals surface area contributed by atoms with Crippen molar-refractivity contribution in [2.45, 2.75) is 59.5 Å². The van der Waals surface area contributed by atoms with Crippen molar-refractivity contribution in [3.05, 3.63) is 42.0 Å². The second kappa shape index (κ2) is 5.95. The zero-order chi connectivity index (χ0) is 15.7. The second-order valence-electron chi connectivity index (χ2n) is 7.94. The van der Waals surface area contributed by atoms with Gasteiger partial charge in [-0.05, 0) is 55.4 Å². The van der Waals surface area contributed by atoms with E-state index >= 15 is 0 Å². The van der Waals surface area contributed by atoms with Crippen molar-refractivity contribution < 1.29 is 4.74 Å². The van der Waals surface area contributed by atoms with E-state index in [0.29, 0.717) is 11.5 Å². The molecule has 0 heterocycles. The lowest BCUT2D eigenvalue weighted by molar-refractivity contribution is 0.0892. The minimum Gasteiger partial charge on any atom is -0.490 e. The number of ether oxygens (including phenoxy) is 1. The van der Waals surface area contributed by atoms with Crippen LogP contribution in [0.25, 0.3) is 10.8 Å². The SMILES string of the molecule is Cc1ccc2c(OC3CCC(C(C)(C)C)CC3)cccc2c1. The Bertz CT molecular complexity index is 642. The van der Waals surface area contributed by atoms with E-state index in [9.17, 15) is 0 Å². The smallest absolute Gasteiger partial charge is 0.127 e. The molecule has 1 nitrogen and oxygen atoms in total. The summed E-state index contributed by atoms with van der Waals surface area (Å²) in [5.74, 6) is 1.89. The van der Waals surface area contributed by atoms with E-state index in [4.69, 9.17) is 4.74 Å². The largest absolute Gasteiger partial charge is 0.490 e. The van der Waals surface area contributed by atoms with Crippen molar-refractivity contribution in [1.82, 2.24) is 0 Å². The molecular formula is C21H28O. The fraction of sp³-hybridized carbons (Fsp3) is 0.524. The van der Waals surface area contributed by atoms with Crippen molar-refractivity contribution >= 4 is 10.8 Å². The van der Waals surface area contributed by atoms with Crippen LogP contribution in [0.1, 0.15) is 52.0 Å². The summed E-state index contributed by atoms with van der Waals surface area (Å²) in [5, 5.41) is 2.52. The van der Waals surface area contributed by atoms with Crippen molar-refractivity contribution in [2.24, 2.45) is 11.3 Å². The van der Waals surface area contributed by atoms with Crippen LogP contribution in [0.3, 0.4) is 0 Å². The Morgan fingerprint density at radius 1 is 0.955 bits per heavy atom. The molecule has 0 aliphatic heterocycles. The van der Waals surface area contributed by atoms with Crippen LogP contribution < -0.4 is 4.74 Å². The van der Waals surface area contributed by atoms with Crippen LogP contribution in [-0.2, 0) is 0 Å². The molecule has 1 aliphatic carbocycles. The molecule has 0 saturated heterocycles. The van der Waals surface area contributed by atoms with E-state index in [0.717, 1.165) is 11.7 Å². The summed E-state index contributed by atoms with van der Waals surface area (Å²) in [6.07, 6.45) is 5.33. The van der Waals surface area contributed by atoms with Gasteiger partial charge in [-0.2, -0.15) is 0 Å². The molecule has 3 rings (SSSR count). The molecular weight excluding hydrogens is 268 g/mol. The summed E-state index contributed by atoms with van der Waals surface area (Å²) in [6.45, 7) is 9.24. The van der Waals surface area contributed by atoms with Crippen molar-refractivity contribution in [2.75, 3.05) is 0 Å². The highest BCUT2D eigenvalue weighted by atomic mass is 16.5. The van der Waals surface area contributed by atoms with Gasteiger partial charge in [-0.1, -0.05) is 56.7 Å². The number of hydrogen-bond donors (Lipinski definition) is 0. The molecule has 1 fully saturated rings. The summed E-state index contributed by atoms with van der Waals surface area (Å²) in [7, 11) is 0. The maximum Gasteiger partial charge on any atom is 0.127 e. The van der Waals surface area contributed by atoms with Gasteiger partial charge in [0.2, 0.25) is 0 Å². The predicted octanol–water partition coefficient (Wildman–Crippen LogP) is 6.13. The van der Waals surface area contributed by atoms with Gasteiger partial charge in [0.1, 0.15) is 5.75 Å². The fourth-order valence-electron chi connectivity index (χ4n) is 3.70. The number of hydrogen-bond acceptors (Lipinski definition) is 1. The minimum absolute atomic E-state index is 0.380. The fourth-order valence-corrected chi connectivity index (χ4v) is 3.70. The molecule has 0 bridgehead atoms. The van der Waals surface area contributed by atoms with Crippen LogP contribution in [0.4, 0.5) is 0 Å². The second-order valence-corrected chi connectivity index (χ2v) is 7.94. The summed E-state index contributed by atoms with van der Waals surface area (Å²) in [6, 6.07) is 13.0. The first-order chi connectivity index (χ1) is 10.4. The summed E-state index contributed by atoms with van der Waals surface area (Å²) in [5.41, 5.74) is 1.73. The van der Waals surface area contributed by atoms with Gasteiger partial charge in [0.05, 0.1) is 6.10 Å². The average molecular weight is 296 g/mol. The van der Waals surface area contributed by atoms with Crippen LogP contribution in [-0.4, -0.2) is 6.10 Å². The first-order valence-electron chi connectivity index (χ1n) is 8.59. The Hall–Kier alpha value is -1.50. The first kappa shape index (κ1) is 15.4. The molecule has 0 unspecified atom stereocenters. The molecule has 1 heteroatoms. The van der Waals surface area contributed by atoms with E-state index in [2.05, 4.69) is 64.1 Å². The van der Waals surface area contributed by atoms with Crippen LogP contribution in [0.5, 0.6) is 5.75 Å². The molecule has 1 saturated carbocycles. The molecule has 1 aliphatic rings. The average Bonchev–Trinajstić information content (AvgIpc) is 2.47. The van der Waals surface area contributed by atoms with Gasteiger partial charge in [0.15, 0.2) is 0 Å². The van der Waals surface area contributed by atoms with Gasteiger partial charge < -0.3 is 4.74 Å². The van der Waals surface area contributed by atoms with E-state index in [1.807, 2.05) is 0 Å².